The zero-order chi connectivity index (χ0) is 17.4. The highest BCUT2D eigenvalue weighted by atomic mass is 16.5. The van der Waals surface area contributed by atoms with Gasteiger partial charge in [-0.05, 0) is 29.3 Å². The van der Waals surface area contributed by atoms with Crippen LogP contribution in [-0.4, -0.2) is 24.1 Å². The predicted molar refractivity (Wildman–Crippen MR) is 93.9 cm³/mol. The second-order valence-corrected chi connectivity index (χ2v) is 6.18. The molecule has 0 radical (unpaired) electrons. The first-order chi connectivity index (χ1) is 12.2. The Hall–Kier alpha value is -3.10. The molecule has 1 aliphatic rings. The van der Waals surface area contributed by atoms with Crippen molar-refractivity contribution in [2.24, 2.45) is 0 Å². The van der Waals surface area contributed by atoms with E-state index in [9.17, 15) is 10.1 Å². The summed E-state index contributed by atoms with van der Waals surface area (Å²) in [6.07, 6.45) is 0.570. The maximum Gasteiger partial charge on any atom is 0.323 e. The van der Waals surface area contributed by atoms with Crippen molar-refractivity contribution in [3.63, 3.8) is 0 Å². The highest BCUT2D eigenvalue weighted by Gasteiger charge is 2.34. The van der Waals surface area contributed by atoms with Crippen molar-refractivity contribution in [2.45, 2.75) is 18.5 Å². The van der Waals surface area contributed by atoms with E-state index >= 15 is 0 Å². The number of carbonyl (C=O) groups excluding carboxylic acids is 1. The molecule has 5 nitrogen and oxygen atoms in total. The lowest BCUT2D eigenvalue weighted by Crippen LogP contribution is -2.45. The summed E-state index contributed by atoms with van der Waals surface area (Å²) in [5.74, 6) is -0.280. The van der Waals surface area contributed by atoms with E-state index < -0.39 is 6.04 Å². The van der Waals surface area contributed by atoms with E-state index in [4.69, 9.17) is 4.74 Å². The summed E-state index contributed by atoms with van der Waals surface area (Å²) in [6.45, 7) is 0. The average Bonchev–Trinajstić information content (AvgIpc) is 3.05. The molecule has 0 aliphatic carbocycles. The van der Waals surface area contributed by atoms with Crippen molar-refractivity contribution in [2.75, 3.05) is 7.11 Å². The third-order valence-electron chi connectivity index (χ3n) is 4.75. The molecule has 2 atom stereocenters. The first-order valence-electron chi connectivity index (χ1n) is 8.14. The van der Waals surface area contributed by atoms with Gasteiger partial charge in [0.05, 0.1) is 24.8 Å². The van der Waals surface area contributed by atoms with Crippen LogP contribution >= 0.6 is 0 Å². The number of methoxy groups -OCH3 is 1. The number of ether oxygens (including phenoxy) is 1. The summed E-state index contributed by atoms with van der Waals surface area (Å²) >= 11 is 0. The molecule has 25 heavy (non-hydrogen) atoms. The lowest BCUT2D eigenvalue weighted by molar-refractivity contribution is -0.143. The molecule has 124 valence electrons. The SMILES string of the molecule is COC(=O)[C@@H]1Cc2c([nH]c3ccccc23)[C@@H](c2cccc(C#N)c2)N1. The van der Waals surface area contributed by atoms with Crippen LogP contribution < -0.4 is 5.32 Å². The summed E-state index contributed by atoms with van der Waals surface area (Å²) in [6, 6.07) is 17.1. The van der Waals surface area contributed by atoms with Gasteiger partial charge in [-0.1, -0.05) is 30.3 Å². The quantitative estimate of drug-likeness (QED) is 0.708. The molecule has 3 aromatic rings. The summed E-state index contributed by atoms with van der Waals surface area (Å²) in [5, 5.41) is 13.7. The number of nitriles is 1. The molecule has 1 aliphatic heterocycles. The fourth-order valence-electron chi connectivity index (χ4n) is 3.58. The van der Waals surface area contributed by atoms with Crippen LogP contribution in [0.2, 0.25) is 0 Å². The smallest absolute Gasteiger partial charge is 0.323 e. The van der Waals surface area contributed by atoms with Crippen LogP contribution in [0, 0.1) is 11.3 Å². The van der Waals surface area contributed by atoms with Crippen molar-refractivity contribution in [3.05, 3.63) is 70.9 Å². The number of hydrogen-bond donors (Lipinski definition) is 2. The molecular formula is C20H17N3O2. The zero-order valence-corrected chi connectivity index (χ0v) is 13.7. The maximum atomic E-state index is 12.2. The minimum atomic E-state index is -0.424. The number of nitrogens with zero attached hydrogens (tertiary/aromatic N) is 1. The second kappa shape index (κ2) is 6.08. The molecule has 0 bridgehead atoms. The van der Waals surface area contributed by atoms with Gasteiger partial charge in [0.2, 0.25) is 0 Å². The largest absolute Gasteiger partial charge is 0.468 e. The Morgan fingerprint density at radius 1 is 1.24 bits per heavy atom. The van der Waals surface area contributed by atoms with Gasteiger partial charge in [-0.3, -0.25) is 10.1 Å². The first-order valence-corrected chi connectivity index (χ1v) is 8.14. The van der Waals surface area contributed by atoms with Crippen LogP contribution in [0.4, 0.5) is 0 Å². The summed E-state index contributed by atoms with van der Waals surface area (Å²) in [5.41, 5.74) is 4.74. The van der Waals surface area contributed by atoms with Gasteiger partial charge in [-0.25, -0.2) is 0 Å². The molecule has 4 rings (SSSR count). The predicted octanol–water partition coefficient (Wildman–Crippen LogP) is 2.82. The lowest BCUT2D eigenvalue weighted by atomic mass is 9.90. The van der Waals surface area contributed by atoms with Crippen molar-refractivity contribution in [3.8, 4) is 6.07 Å². The molecule has 0 unspecified atom stereocenters. The third-order valence-corrected chi connectivity index (χ3v) is 4.75. The van der Waals surface area contributed by atoms with Gasteiger partial charge in [0.25, 0.3) is 0 Å². The normalized spacial score (nSPS) is 19.2. The van der Waals surface area contributed by atoms with E-state index in [0.29, 0.717) is 12.0 Å². The highest BCUT2D eigenvalue weighted by molar-refractivity contribution is 5.87. The Kier molecular flexibility index (Phi) is 3.75. The average molecular weight is 331 g/mol. The number of nitrogens with one attached hydrogen (secondary N) is 2. The molecule has 2 aromatic carbocycles. The lowest BCUT2D eigenvalue weighted by Gasteiger charge is -2.30. The Balaban J connectivity index is 1.88. The second-order valence-electron chi connectivity index (χ2n) is 6.18. The maximum absolute atomic E-state index is 12.2. The number of H-pyrrole nitrogens is 1. The minimum Gasteiger partial charge on any atom is -0.468 e. The van der Waals surface area contributed by atoms with Gasteiger partial charge >= 0.3 is 5.97 Å². The van der Waals surface area contributed by atoms with Gasteiger partial charge in [-0.2, -0.15) is 5.26 Å². The fraction of sp³-hybridized carbons (Fsp3) is 0.200. The minimum absolute atomic E-state index is 0.200. The number of para-hydroxylation sites is 1. The Morgan fingerprint density at radius 3 is 2.88 bits per heavy atom. The molecule has 2 N–H and O–H groups in total. The van der Waals surface area contributed by atoms with E-state index in [1.165, 1.54) is 7.11 Å². The monoisotopic (exact) mass is 331 g/mol. The number of hydrogen-bond acceptors (Lipinski definition) is 4. The number of carbonyl (C=O) groups is 1. The topological polar surface area (TPSA) is 77.9 Å². The molecule has 0 saturated heterocycles. The summed E-state index contributed by atoms with van der Waals surface area (Å²) < 4.78 is 4.96. The zero-order valence-electron chi connectivity index (χ0n) is 13.7. The van der Waals surface area contributed by atoms with E-state index in [1.807, 2.05) is 36.4 Å². The number of benzene rings is 2. The Bertz CT molecular complexity index is 1000. The van der Waals surface area contributed by atoms with Crippen molar-refractivity contribution in [1.82, 2.24) is 10.3 Å². The van der Waals surface area contributed by atoms with E-state index in [1.54, 1.807) is 6.07 Å². The molecule has 0 spiro atoms. The van der Waals surface area contributed by atoms with Crippen LogP contribution in [-0.2, 0) is 16.0 Å². The van der Waals surface area contributed by atoms with Gasteiger partial charge in [0, 0.05) is 23.0 Å². The van der Waals surface area contributed by atoms with Gasteiger partial charge < -0.3 is 9.72 Å². The van der Waals surface area contributed by atoms with Crippen molar-refractivity contribution in [1.29, 1.82) is 5.26 Å². The van der Waals surface area contributed by atoms with Crippen LogP contribution in [0.1, 0.15) is 28.4 Å². The van der Waals surface area contributed by atoms with Gasteiger partial charge in [0.1, 0.15) is 6.04 Å². The van der Waals surface area contributed by atoms with Crippen LogP contribution in [0.15, 0.2) is 48.5 Å². The number of fused-ring (bicyclic) bond motifs is 3. The standard InChI is InChI=1S/C20H17N3O2/c1-25-20(24)17-10-15-14-7-2-3-8-16(14)22-19(15)18(23-17)13-6-4-5-12(9-13)11-21/h2-9,17-18,22-23H,10H2,1H3/t17-,18+/m0/s1. The van der Waals surface area contributed by atoms with Crippen molar-refractivity contribution >= 4 is 16.9 Å². The van der Waals surface area contributed by atoms with E-state index in [0.717, 1.165) is 27.7 Å². The van der Waals surface area contributed by atoms with Gasteiger partial charge in [-0.15, -0.1) is 0 Å². The molecule has 5 heteroatoms. The third kappa shape index (κ3) is 2.57. The molecule has 2 heterocycles. The molecule has 1 aromatic heterocycles. The Labute approximate surface area is 145 Å². The number of aromatic nitrogens is 1. The summed E-state index contributed by atoms with van der Waals surface area (Å²) in [7, 11) is 1.40. The first kappa shape index (κ1) is 15.4. The number of rotatable bonds is 2. The van der Waals surface area contributed by atoms with E-state index in [2.05, 4.69) is 22.4 Å². The highest BCUT2D eigenvalue weighted by Crippen LogP contribution is 2.35. The fourth-order valence-corrected chi connectivity index (χ4v) is 3.58. The summed E-state index contributed by atoms with van der Waals surface area (Å²) in [4.78, 5) is 15.7. The van der Waals surface area contributed by atoms with Crippen LogP contribution in [0.5, 0.6) is 0 Å². The van der Waals surface area contributed by atoms with Crippen LogP contribution in [0.25, 0.3) is 10.9 Å². The molecular weight excluding hydrogens is 314 g/mol. The van der Waals surface area contributed by atoms with Gasteiger partial charge in [0.15, 0.2) is 0 Å². The molecule has 0 amide bonds. The van der Waals surface area contributed by atoms with Crippen LogP contribution in [0.3, 0.4) is 0 Å². The Morgan fingerprint density at radius 2 is 2.08 bits per heavy atom. The number of esters is 1. The molecule has 0 saturated carbocycles. The van der Waals surface area contributed by atoms with E-state index in [-0.39, 0.29) is 12.0 Å². The van der Waals surface area contributed by atoms with Crippen molar-refractivity contribution < 1.29 is 9.53 Å². The number of aromatic amines is 1. The molecule has 0 fully saturated rings.